The molecule has 2 amide bonds. The Morgan fingerprint density at radius 2 is 1.93 bits per heavy atom. The van der Waals surface area contributed by atoms with Gasteiger partial charge in [0.25, 0.3) is 0 Å². The third-order valence-corrected chi connectivity index (χ3v) is 6.75. The van der Waals surface area contributed by atoms with Crippen LogP contribution in [0.25, 0.3) is 0 Å². The number of aromatic nitrogens is 2. The summed E-state index contributed by atoms with van der Waals surface area (Å²) in [5.41, 5.74) is 0.657. The van der Waals surface area contributed by atoms with E-state index >= 15 is 0 Å². The number of nitrogens with zero attached hydrogens (tertiary/aromatic N) is 2. The average molecular weight is 407 g/mol. The summed E-state index contributed by atoms with van der Waals surface area (Å²) in [4.78, 5) is 34.0. The molecule has 6 nitrogen and oxygen atoms in total. The van der Waals surface area contributed by atoms with Crippen LogP contribution in [0.1, 0.15) is 68.9 Å². The molecule has 1 aliphatic carbocycles. The van der Waals surface area contributed by atoms with Crippen molar-refractivity contribution in [2.45, 2.75) is 64.7 Å². The maximum absolute atomic E-state index is 12.2. The lowest BCUT2D eigenvalue weighted by molar-refractivity contribution is -0.116. The quantitative estimate of drug-likeness (QED) is 0.659. The Balaban J connectivity index is 1.43. The minimum atomic E-state index is -0.149. The van der Waals surface area contributed by atoms with Gasteiger partial charge in [-0.25, -0.2) is 9.97 Å². The molecule has 1 aliphatic rings. The summed E-state index contributed by atoms with van der Waals surface area (Å²) in [6.45, 7) is 4.19. The van der Waals surface area contributed by atoms with Gasteiger partial charge in [-0.15, -0.1) is 22.7 Å². The van der Waals surface area contributed by atoms with Crippen molar-refractivity contribution in [2.75, 3.05) is 10.6 Å². The largest absolute Gasteiger partial charge is 0.302 e. The second-order valence-corrected chi connectivity index (χ2v) is 9.25. The summed E-state index contributed by atoms with van der Waals surface area (Å²) >= 11 is 2.85. The van der Waals surface area contributed by atoms with Crippen molar-refractivity contribution in [1.82, 2.24) is 9.97 Å². The molecule has 27 heavy (non-hydrogen) atoms. The van der Waals surface area contributed by atoms with E-state index in [9.17, 15) is 9.59 Å². The van der Waals surface area contributed by atoms with Crippen LogP contribution in [0.4, 0.5) is 10.3 Å². The highest BCUT2D eigenvalue weighted by Crippen LogP contribution is 2.29. The number of carbonyl (C=O) groups is 2. The van der Waals surface area contributed by atoms with Crippen LogP contribution in [0.2, 0.25) is 0 Å². The standard InChI is InChI=1S/C19H26N4O2S2/c1-12(2)15-10-20-18(27-15)23-17(25)9-14-11-26-19(21-14)22-16(24)8-7-13-5-3-4-6-13/h10-13H,3-9H2,1-2H3,(H,20,23,25)(H,21,22,24). The predicted octanol–water partition coefficient (Wildman–Crippen LogP) is 4.81. The number of nitrogens with one attached hydrogen (secondary N) is 2. The molecule has 8 heteroatoms. The van der Waals surface area contributed by atoms with E-state index in [-0.39, 0.29) is 18.2 Å². The van der Waals surface area contributed by atoms with Gasteiger partial charge >= 0.3 is 0 Å². The van der Waals surface area contributed by atoms with Crippen LogP contribution in [0.3, 0.4) is 0 Å². The highest BCUT2D eigenvalue weighted by molar-refractivity contribution is 7.15. The van der Waals surface area contributed by atoms with Crippen molar-refractivity contribution in [3.8, 4) is 0 Å². The van der Waals surface area contributed by atoms with E-state index in [1.165, 1.54) is 48.4 Å². The van der Waals surface area contributed by atoms with Gasteiger partial charge in [-0.3, -0.25) is 9.59 Å². The summed E-state index contributed by atoms with van der Waals surface area (Å²) in [5.74, 6) is 0.959. The first-order valence-corrected chi connectivity index (χ1v) is 11.2. The number of carbonyl (C=O) groups excluding carboxylic acids is 2. The van der Waals surface area contributed by atoms with Crippen molar-refractivity contribution in [3.05, 3.63) is 22.1 Å². The molecule has 0 bridgehead atoms. The van der Waals surface area contributed by atoms with Crippen LogP contribution in [-0.4, -0.2) is 21.8 Å². The third-order valence-electron chi connectivity index (χ3n) is 4.73. The molecule has 2 N–H and O–H groups in total. The van der Waals surface area contributed by atoms with Gasteiger partial charge in [0, 0.05) is 22.9 Å². The number of rotatable bonds is 8. The molecule has 1 saturated carbocycles. The minimum absolute atomic E-state index is 0.0104. The first kappa shape index (κ1) is 19.9. The Morgan fingerprint density at radius 1 is 1.19 bits per heavy atom. The average Bonchev–Trinajstić information content (AvgIpc) is 3.35. The molecule has 2 aromatic rings. The van der Waals surface area contributed by atoms with Crippen LogP contribution in [0.15, 0.2) is 11.6 Å². The molecular weight excluding hydrogens is 380 g/mol. The first-order chi connectivity index (χ1) is 13.0. The van der Waals surface area contributed by atoms with Gasteiger partial charge in [-0.2, -0.15) is 0 Å². The second kappa shape index (κ2) is 9.41. The van der Waals surface area contributed by atoms with Gasteiger partial charge in [0.05, 0.1) is 12.1 Å². The molecule has 1 fully saturated rings. The van der Waals surface area contributed by atoms with E-state index in [1.54, 1.807) is 6.20 Å². The number of hydrogen-bond donors (Lipinski definition) is 2. The van der Waals surface area contributed by atoms with Crippen LogP contribution in [0.5, 0.6) is 0 Å². The lowest BCUT2D eigenvalue weighted by Crippen LogP contribution is -2.15. The van der Waals surface area contributed by atoms with E-state index in [0.717, 1.165) is 11.3 Å². The SMILES string of the molecule is CC(C)c1cnc(NC(=O)Cc2csc(NC(=O)CCC3CCCC3)n2)s1. The van der Waals surface area contributed by atoms with Crippen molar-refractivity contribution >= 4 is 44.8 Å². The van der Waals surface area contributed by atoms with Gasteiger partial charge < -0.3 is 10.6 Å². The van der Waals surface area contributed by atoms with Crippen LogP contribution < -0.4 is 10.6 Å². The molecule has 146 valence electrons. The molecule has 0 aliphatic heterocycles. The molecule has 0 aromatic carbocycles. The number of hydrogen-bond acceptors (Lipinski definition) is 6. The second-order valence-electron chi connectivity index (χ2n) is 7.33. The zero-order valence-corrected chi connectivity index (χ0v) is 17.4. The lowest BCUT2D eigenvalue weighted by Gasteiger charge is -2.07. The van der Waals surface area contributed by atoms with Crippen molar-refractivity contribution < 1.29 is 9.59 Å². The Labute approximate surface area is 167 Å². The molecule has 0 radical (unpaired) electrons. The summed E-state index contributed by atoms with van der Waals surface area (Å²) in [6, 6.07) is 0. The Hall–Kier alpha value is -1.80. The highest BCUT2D eigenvalue weighted by Gasteiger charge is 2.17. The first-order valence-electron chi connectivity index (χ1n) is 9.49. The van der Waals surface area contributed by atoms with Gasteiger partial charge in [-0.05, 0) is 18.3 Å². The van der Waals surface area contributed by atoms with E-state index < -0.39 is 0 Å². The lowest BCUT2D eigenvalue weighted by atomic mass is 10.0. The van der Waals surface area contributed by atoms with Crippen molar-refractivity contribution in [1.29, 1.82) is 0 Å². The summed E-state index contributed by atoms with van der Waals surface area (Å²) in [6.07, 6.45) is 8.57. The van der Waals surface area contributed by atoms with E-state index in [4.69, 9.17) is 0 Å². The Morgan fingerprint density at radius 3 is 2.63 bits per heavy atom. The number of amides is 2. The predicted molar refractivity (Wildman–Crippen MR) is 110 cm³/mol. The maximum atomic E-state index is 12.2. The van der Waals surface area contributed by atoms with Crippen LogP contribution in [-0.2, 0) is 16.0 Å². The highest BCUT2D eigenvalue weighted by atomic mass is 32.1. The molecular formula is C19H26N4O2S2. The van der Waals surface area contributed by atoms with E-state index in [1.807, 2.05) is 5.38 Å². The summed E-state index contributed by atoms with van der Waals surface area (Å²) in [7, 11) is 0. The minimum Gasteiger partial charge on any atom is -0.302 e. The zero-order valence-electron chi connectivity index (χ0n) is 15.8. The maximum Gasteiger partial charge on any atom is 0.232 e. The monoisotopic (exact) mass is 406 g/mol. The Bertz CT molecular complexity index is 778. The number of thiazole rings is 2. The van der Waals surface area contributed by atoms with Crippen LogP contribution in [0, 0.1) is 5.92 Å². The van der Waals surface area contributed by atoms with Gasteiger partial charge in [-0.1, -0.05) is 39.5 Å². The fourth-order valence-electron chi connectivity index (χ4n) is 3.20. The molecule has 0 atom stereocenters. The molecule has 0 saturated heterocycles. The Kier molecular flexibility index (Phi) is 6.95. The fourth-order valence-corrected chi connectivity index (χ4v) is 4.76. The fraction of sp³-hybridized carbons (Fsp3) is 0.579. The molecule has 0 spiro atoms. The topological polar surface area (TPSA) is 84.0 Å². The van der Waals surface area contributed by atoms with Gasteiger partial charge in [0.1, 0.15) is 0 Å². The summed E-state index contributed by atoms with van der Waals surface area (Å²) in [5, 5.41) is 8.65. The van der Waals surface area contributed by atoms with Crippen molar-refractivity contribution in [3.63, 3.8) is 0 Å². The summed E-state index contributed by atoms with van der Waals surface area (Å²) < 4.78 is 0. The number of anilines is 2. The molecule has 0 unspecified atom stereocenters. The van der Waals surface area contributed by atoms with E-state index in [2.05, 4.69) is 34.4 Å². The van der Waals surface area contributed by atoms with Crippen LogP contribution >= 0.6 is 22.7 Å². The molecule has 3 rings (SSSR count). The van der Waals surface area contributed by atoms with Gasteiger partial charge in [0.2, 0.25) is 11.8 Å². The van der Waals surface area contributed by atoms with Crippen molar-refractivity contribution in [2.24, 2.45) is 5.92 Å². The normalized spacial score (nSPS) is 14.6. The van der Waals surface area contributed by atoms with Gasteiger partial charge in [0.15, 0.2) is 10.3 Å². The molecule has 2 aromatic heterocycles. The molecule has 2 heterocycles. The third kappa shape index (κ3) is 6.10. The van der Waals surface area contributed by atoms with E-state index in [0.29, 0.717) is 34.2 Å². The smallest absolute Gasteiger partial charge is 0.232 e. The zero-order chi connectivity index (χ0) is 19.2.